The van der Waals surface area contributed by atoms with E-state index in [1.54, 1.807) is 30.3 Å². The fourth-order valence-corrected chi connectivity index (χ4v) is 2.91. The predicted molar refractivity (Wildman–Crippen MR) is 122 cm³/mol. The maximum absolute atomic E-state index is 12.9. The summed E-state index contributed by atoms with van der Waals surface area (Å²) in [6, 6.07) is 19.6. The van der Waals surface area contributed by atoms with Crippen molar-refractivity contribution in [3.63, 3.8) is 0 Å². The SMILES string of the molecule is Cc1ccc(C(=O)N/C(=C\c2ccc(Br)cc2)C(=O)Nc2ccc([N+](=O)[O-])cc2)cc1. The van der Waals surface area contributed by atoms with Crippen LogP contribution in [0.3, 0.4) is 0 Å². The van der Waals surface area contributed by atoms with Gasteiger partial charge in [-0.05, 0) is 55.0 Å². The zero-order chi connectivity index (χ0) is 22.4. The van der Waals surface area contributed by atoms with E-state index in [0.717, 1.165) is 10.0 Å². The molecule has 156 valence electrons. The van der Waals surface area contributed by atoms with Crippen molar-refractivity contribution in [2.24, 2.45) is 0 Å². The van der Waals surface area contributed by atoms with Crippen LogP contribution in [0.15, 0.2) is 83.0 Å². The van der Waals surface area contributed by atoms with Crippen molar-refractivity contribution in [3.8, 4) is 0 Å². The van der Waals surface area contributed by atoms with Gasteiger partial charge in [0.05, 0.1) is 4.92 Å². The van der Waals surface area contributed by atoms with E-state index < -0.39 is 16.7 Å². The molecule has 8 heteroatoms. The predicted octanol–water partition coefficient (Wildman–Crippen LogP) is 5.08. The van der Waals surface area contributed by atoms with Gasteiger partial charge < -0.3 is 10.6 Å². The van der Waals surface area contributed by atoms with Crippen LogP contribution in [-0.4, -0.2) is 16.7 Å². The number of aryl methyl sites for hydroxylation is 1. The summed E-state index contributed by atoms with van der Waals surface area (Å²) in [5.41, 5.74) is 2.44. The molecule has 0 saturated carbocycles. The smallest absolute Gasteiger partial charge is 0.272 e. The van der Waals surface area contributed by atoms with Gasteiger partial charge >= 0.3 is 0 Å². The summed E-state index contributed by atoms with van der Waals surface area (Å²) in [6.45, 7) is 1.91. The van der Waals surface area contributed by atoms with Crippen LogP contribution in [0.5, 0.6) is 0 Å². The highest BCUT2D eigenvalue weighted by Gasteiger charge is 2.16. The summed E-state index contributed by atoms with van der Waals surface area (Å²) in [4.78, 5) is 35.8. The van der Waals surface area contributed by atoms with Crippen molar-refractivity contribution in [1.82, 2.24) is 5.32 Å². The Balaban J connectivity index is 1.86. The molecule has 7 nitrogen and oxygen atoms in total. The minimum atomic E-state index is -0.558. The summed E-state index contributed by atoms with van der Waals surface area (Å²) in [6.07, 6.45) is 1.55. The van der Waals surface area contributed by atoms with Crippen molar-refractivity contribution in [2.45, 2.75) is 6.92 Å². The van der Waals surface area contributed by atoms with Gasteiger partial charge in [0.2, 0.25) is 0 Å². The number of rotatable bonds is 6. The molecule has 0 aliphatic rings. The van der Waals surface area contributed by atoms with E-state index in [1.165, 1.54) is 24.3 Å². The number of amides is 2. The van der Waals surface area contributed by atoms with Crippen LogP contribution in [-0.2, 0) is 4.79 Å². The van der Waals surface area contributed by atoms with E-state index in [0.29, 0.717) is 16.8 Å². The third-order valence-electron chi connectivity index (χ3n) is 4.32. The van der Waals surface area contributed by atoms with Crippen molar-refractivity contribution in [1.29, 1.82) is 0 Å². The molecule has 0 aliphatic carbocycles. The van der Waals surface area contributed by atoms with Crippen molar-refractivity contribution < 1.29 is 14.5 Å². The largest absolute Gasteiger partial charge is 0.321 e. The number of halogens is 1. The Kier molecular flexibility index (Phi) is 6.94. The van der Waals surface area contributed by atoms with E-state index in [1.807, 2.05) is 31.2 Å². The normalized spacial score (nSPS) is 11.0. The molecule has 0 aromatic heterocycles. The van der Waals surface area contributed by atoms with Gasteiger partial charge in [0.1, 0.15) is 5.70 Å². The number of nitro groups is 1. The second-order valence-electron chi connectivity index (χ2n) is 6.69. The van der Waals surface area contributed by atoms with Gasteiger partial charge in [-0.3, -0.25) is 19.7 Å². The van der Waals surface area contributed by atoms with Crippen molar-refractivity contribution >= 4 is 45.2 Å². The summed E-state index contributed by atoms with van der Waals surface area (Å²) in [5, 5.41) is 16.1. The number of anilines is 1. The maximum Gasteiger partial charge on any atom is 0.272 e. The van der Waals surface area contributed by atoms with Crippen LogP contribution < -0.4 is 10.6 Å². The third kappa shape index (κ3) is 6.10. The second-order valence-corrected chi connectivity index (χ2v) is 7.60. The lowest BCUT2D eigenvalue weighted by Crippen LogP contribution is -2.30. The number of carbonyl (C=O) groups excluding carboxylic acids is 2. The highest BCUT2D eigenvalue weighted by Crippen LogP contribution is 2.17. The Morgan fingerprint density at radius 2 is 1.55 bits per heavy atom. The van der Waals surface area contributed by atoms with Crippen LogP contribution in [0.1, 0.15) is 21.5 Å². The average Bonchev–Trinajstić information content (AvgIpc) is 2.75. The zero-order valence-corrected chi connectivity index (χ0v) is 18.0. The fourth-order valence-electron chi connectivity index (χ4n) is 2.65. The monoisotopic (exact) mass is 479 g/mol. The molecular formula is C23H18BrN3O4. The van der Waals surface area contributed by atoms with Crippen LogP contribution in [0.25, 0.3) is 6.08 Å². The Hall–Kier alpha value is -3.78. The number of hydrogen-bond donors (Lipinski definition) is 2. The summed E-state index contributed by atoms with van der Waals surface area (Å²) in [5.74, 6) is -0.987. The van der Waals surface area contributed by atoms with Crippen LogP contribution >= 0.6 is 15.9 Å². The lowest BCUT2D eigenvalue weighted by Gasteiger charge is -2.11. The van der Waals surface area contributed by atoms with Crippen LogP contribution in [0, 0.1) is 17.0 Å². The number of nitrogens with zero attached hydrogens (tertiary/aromatic N) is 1. The molecule has 2 N–H and O–H groups in total. The summed E-state index contributed by atoms with van der Waals surface area (Å²) >= 11 is 3.36. The molecule has 0 heterocycles. The molecule has 0 fully saturated rings. The van der Waals surface area contributed by atoms with E-state index in [2.05, 4.69) is 26.6 Å². The van der Waals surface area contributed by atoms with E-state index >= 15 is 0 Å². The fraction of sp³-hybridized carbons (Fsp3) is 0.0435. The van der Waals surface area contributed by atoms with Gasteiger partial charge in [-0.2, -0.15) is 0 Å². The molecule has 2 amide bonds. The second kappa shape index (κ2) is 9.82. The molecule has 0 bridgehead atoms. The van der Waals surface area contributed by atoms with Gasteiger partial charge in [0.25, 0.3) is 17.5 Å². The third-order valence-corrected chi connectivity index (χ3v) is 4.85. The molecule has 3 aromatic carbocycles. The van der Waals surface area contributed by atoms with Crippen LogP contribution in [0.2, 0.25) is 0 Å². The molecular weight excluding hydrogens is 462 g/mol. The van der Waals surface area contributed by atoms with Gasteiger partial charge in [-0.25, -0.2) is 0 Å². The van der Waals surface area contributed by atoms with Gasteiger partial charge in [-0.15, -0.1) is 0 Å². The topological polar surface area (TPSA) is 101 Å². The highest BCUT2D eigenvalue weighted by atomic mass is 79.9. The number of hydrogen-bond acceptors (Lipinski definition) is 4. The maximum atomic E-state index is 12.9. The lowest BCUT2D eigenvalue weighted by molar-refractivity contribution is -0.384. The Bertz CT molecular complexity index is 1140. The highest BCUT2D eigenvalue weighted by molar-refractivity contribution is 9.10. The summed E-state index contributed by atoms with van der Waals surface area (Å²) in [7, 11) is 0. The molecule has 3 rings (SSSR count). The first-order valence-corrected chi connectivity index (χ1v) is 10.0. The molecule has 0 radical (unpaired) electrons. The Labute approximate surface area is 187 Å². The molecule has 0 spiro atoms. The van der Waals surface area contributed by atoms with Crippen molar-refractivity contribution in [3.05, 3.63) is 110 Å². The van der Waals surface area contributed by atoms with Gasteiger partial charge in [0.15, 0.2) is 0 Å². The molecule has 0 atom stereocenters. The summed E-state index contributed by atoms with van der Waals surface area (Å²) < 4.78 is 0.880. The minimum absolute atomic E-state index is 0.0336. The molecule has 31 heavy (non-hydrogen) atoms. The van der Waals surface area contributed by atoms with E-state index in [-0.39, 0.29) is 11.4 Å². The number of nitro benzene ring substituents is 1. The Morgan fingerprint density at radius 1 is 0.935 bits per heavy atom. The quantitative estimate of drug-likeness (QED) is 0.292. The average molecular weight is 480 g/mol. The number of non-ortho nitro benzene ring substituents is 1. The van der Waals surface area contributed by atoms with Gasteiger partial charge in [-0.1, -0.05) is 45.8 Å². The van der Waals surface area contributed by atoms with Crippen molar-refractivity contribution in [2.75, 3.05) is 5.32 Å². The lowest BCUT2D eigenvalue weighted by atomic mass is 10.1. The molecule has 0 aliphatic heterocycles. The number of benzene rings is 3. The first kappa shape index (κ1) is 21.9. The molecule has 0 saturated heterocycles. The van der Waals surface area contributed by atoms with Gasteiger partial charge in [0, 0.05) is 27.9 Å². The van der Waals surface area contributed by atoms with E-state index in [9.17, 15) is 19.7 Å². The molecule has 3 aromatic rings. The van der Waals surface area contributed by atoms with Crippen LogP contribution in [0.4, 0.5) is 11.4 Å². The standard InChI is InChI=1S/C23H18BrN3O4/c1-15-2-6-17(7-3-15)22(28)26-21(14-16-4-8-18(24)9-5-16)23(29)25-19-10-12-20(13-11-19)27(30)31/h2-14H,1H3,(H,25,29)(H,26,28)/b21-14-. The van der Waals surface area contributed by atoms with E-state index in [4.69, 9.17) is 0 Å². The Morgan fingerprint density at radius 3 is 2.13 bits per heavy atom. The molecule has 0 unspecified atom stereocenters. The zero-order valence-electron chi connectivity index (χ0n) is 16.5. The first-order valence-electron chi connectivity index (χ1n) is 9.23. The first-order chi connectivity index (χ1) is 14.8. The number of carbonyl (C=O) groups is 2. The minimum Gasteiger partial charge on any atom is -0.321 e. The number of nitrogens with one attached hydrogen (secondary N) is 2.